The van der Waals surface area contributed by atoms with Gasteiger partial charge in [0.15, 0.2) is 11.6 Å². The average molecular weight is 534 g/mol. The third-order valence-electron chi connectivity index (χ3n) is 9.05. The topological polar surface area (TPSA) is 83.8 Å². The molecule has 5 nitrogen and oxygen atoms in total. The Labute approximate surface area is 235 Å². The smallest absolute Gasteiger partial charge is 0.455 e. The van der Waals surface area contributed by atoms with Gasteiger partial charge in [-0.2, -0.15) is 0 Å². The van der Waals surface area contributed by atoms with Crippen molar-refractivity contribution < 1.29 is 24.4 Å². The van der Waals surface area contributed by atoms with Crippen molar-refractivity contribution in [2.45, 2.75) is 58.4 Å². The number of carbonyl (C=O) groups is 2. The lowest BCUT2D eigenvalue weighted by Crippen LogP contribution is -2.50. The Morgan fingerprint density at radius 2 is 1.68 bits per heavy atom. The number of ketones is 2. The van der Waals surface area contributed by atoms with E-state index in [0.29, 0.717) is 30.3 Å². The Kier molecular flexibility index (Phi) is 7.24. The van der Waals surface area contributed by atoms with E-state index in [4.69, 9.17) is 4.65 Å². The van der Waals surface area contributed by atoms with Crippen molar-refractivity contribution in [1.29, 1.82) is 0 Å². The number of phenols is 1. The lowest BCUT2D eigenvalue weighted by molar-refractivity contribution is 0.0598. The third kappa shape index (κ3) is 4.63. The van der Waals surface area contributed by atoms with Crippen molar-refractivity contribution in [3.63, 3.8) is 0 Å². The number of phenolic OH excluding ortho intramolecular Hbond substituents is 1. The zero-order valence-electron chi connectivity index (χ0n) is 23.1. The number of Topliss-reactive ketones (excluding diaryl/α,β-unsaturated/α-hetero) is 2. The molecule has 6 rings (SSSR count). The van der Waals surface area contributed by atoms with E-state index in [1.807, 2.05) is 42.5 Å². The molecule has 3 aromatic carbocycles. The largest absolute Gasteiger partial charge is 0.507 e. The molecular formula is C34H35BO5. The maximum atomic E-state index is 13.8. The molecule has 0 amide bonds. The van der Waals surface area contributed by atoms with E-state index < -0.39 is 13.0 Å². The fourth-order valence-corrected chi connectivity index (χ4v) is 7.34. The van der Waals surface area contributed by atoms with Crippen LogP contribution < -0.4 is 0 Å². The van der Waals surface area contributed by atoms with Crippen molar-refractivity contribution in [1.82, 2.24) is 0 Å². The van der Waals surface area contributed by atoms with Crippen LogP contribution in [0.4, 0.5) is 0 Å². The molecule has 0 spiro atoms. The van der Waals surface area contributed by atoms with Crippen LogP contribution in [0.15, 0.2) is 77.4 Å². The summed E-state index contributed by atoms with van der Waals surface area (Å²) in [4.78, 5) is 27.4. The van der Waals surface area contributed by atoms with Gasteiger partial charge in [-0.3, -0.25) is 9.59 Å². The monoisotopic (exact) mass is 534 g/mol. The molecular weight excluding hydrogens is 499 g/mol. The summed E-state index contributed by atoms with van der Waals surface area (Å²) in [6.07, 6.45) is 6.04. The molecule has 1 heterocycles. The molecule has 2 N–H and O–H groups in total. The highest BCUT2D eigenvalue weighted by atomic mass is 16.5. The van der Waals surface area contributed by atoms with Crippen LogP contribution in [-0.4, -0.2) is 34.9 Å². The zero-order chi connectivity index (χ0) is 28.0. The van der Waals surface area contributed by atoms with Crippen LogP contribution in [0, 0.1) is 17.8 Å². The summed E-state index contributed by atoms with van der Waals surface area (Å²) in [6.45, 7) is 4.23. The molecule has 0 bridgehead atoms. The predicted octanol–water partition coefficient (Wildman–Crippen LogP) is 7.04. The Balaban J connectivity index is 1.31. The van der Waals surface area contributed by atoms with Crippen LogP contribution in [0.5, 0.6) is 5.75 Å². The molecule has 0 radical (unpaired) electrons. The second-order valence-electron chi connectivity index (χ2n) is 11.6. The van der Waals surface area contributed by atoms with Crippen LogP contribution in [-0.2, 0) is 4.65 Å². The lowest BCUT2D eigenvalue weighted by atomic mass is 9.54. The summed E-state index contributed by atoms with van der Waals surface area (Å²) < 4.78 is 6.17. The van der Waals surface area contributed by atoms with Crippen LogP contribution >= 0.6 is 0 Å². The molecule has 0 unspecified atom stereocenters. The first-order valence-corrected chi connectivity index (χ1v) is 14.5. The number of rotatable bonds is 6. The second kappa shape index (κ2) is 10.8. The minimum Gasteiger partial charge on any atom is -0.507 e. The van der Waals surface area contributed by atoms with E-state index in [2.05, 4.69) is 19.9 Å². The number of hydrogen-bond donors (Lipinski definition) is 2. The minimum atomic E-state index is -0.967. The number of hydrogen-bond acceptors (Lipinski definition) is 5. The van der Waals surface area contributed by atoms with Crippen molar-refractivity contribution in [3.8, 4) is 5.75 Å². The van der Waals surface area contributed by atoms with Crippen molar-refractivity contribution >= 4 is 35.5 Å². The summed E-state index contributed by atoms with van der Waals surface area (Å²) in [5.41, 5.74) is 5.66. The highest BCUT2D eigenvalue weighted by molar-refractivity contribution is 6.43. The fourth-order valence-electron chi connectivity index (χ4n) is 7.34. The van der Waals surface area contributed by atoms with E-state index in [0.717, 1.165) is 41.2 Å². The van der Waals surface area contributed by atoms with Gasteiger partial charge in [0.25, 0.3) is 0 Å². The van der Waals surface area contributed by atoms with Gasteiger partial charge in [-0.25, -0.2) is 0 Å². The zero-order valence-corrected chi connectivity index (χ0v) is 23.1. The standard InChI is InChI=1S/C34H35BO5/c1-3-8-22-18-27-32(34(38)26-12-7-6-11-25(26)33(27)37)28-19-35(39)40-30(31(22)28)16-13-20(2)17-21-14-15-29(36)24-10-5-4-9-23(21)24/h4-7,9-12,14-15,17,27-28,30,32,36,39H,3,8,13,16,18-19H2,1-2H3/b20-17+/t27-,28+,30-,32-/m1/s1. The molecule has 3 aliphatic rings. The Morgan fingerprint density at radius 1 is 0.975 bits per heavy atom. The van der Waals surface area contributed by atoms with Crippen LogP contribution in [0.3, 0.4) is 0 Å². The van der Waals surface area contributed by atoms with Gasteiger partial charge in [0.05, 0.1) is 6.10 Å². The molecule has 0 saturated carbocycles. The summed E-state index contributed by atoms with van der Waals surface area (Å²) in [6, 6.07) is 18.7. The van der Waals surface area contributed by atoms with Gasteiger partial charge >= 0.3 is 7.12 Å². The van der Waals surface area contributed by atoms with Crippen LogP contribution in [0.1, 0.15) is 72.2 Å². The first kappa shape index (κ1) is 26.7. The highest BCUT2D eigenvalue weighted by Gasteiger charge is 2.53. The average Bonchev–Trinajstić information content (AvgIpc) is 2.96. The van der Waals surface area contributed by atoms with Gasteiger partial charge in [-0.15, -0.1) is 0 Å². The van der Waals surface area contributed by atoms with E-state index in [1.54, 1.807) is 18.2 Å². The number of allylic oxidation sites excluding steroid dienone is 2. The molecule has 6 heteroatoms. The molecule has 0 aromatic heterocycles. The Bertz CT molecular complexity index is 1550. The summed E-state index contributed by atoms with van der Waals surface area (Å²) >= 11 is 0. The molecule has 1 aliphatic heterocycles. The van der Waals surface area contributed by atoms with E-state index in [9.17, 15) is 19.7 Å². The van der Waals surface area contributed by atoms with Gasteiger partial charge in [-0.1, -0.05) is 85.2 Å². The number of benzene rings is 3. The molecule has 1 saturated heterocycles. The molecule has 4 atom stereocenters. The predicted molar refractivity (Wildman–Crippen MR) is 158 cm³/mol. The molecule has 204 valence electrons. The van der Waals surface area contributed by atoms with E-state index in [1.165, 1.54) is 11.1 Å². The fraction of sp³-hybridized carbons (Fsp3) is 0.353. The molecule has 3 aromatic rings. The SMILES string of the molecule is CCCC1=C2[C@@H](CC/C(C)=C/c3ccc(O)c4ccccc34)OB(O)C[C@@H]2[C@@H]2C(=O)c3ccccc3C(=O)[C@@H]2C1. The summed E-state index contributed by atoms with van der Waals surface area (Å²) in [5.74, 6) is -0.645. The van der Waals surface area contributed by atoms with Crippen molar-refractivity contribution in [3.05, 3.63) is 94.1 Å². The van der Waals surface area contributed by atoms with Crippen LogP contribution in [0.25, 0.3) is 16.8 Å². The van der Waals surface area contributed by atoms with Gasteiger partial charge in [-0.05, 0) is 67.4 Å². The van der Waals surface area contributed by atoms with Gasteiger partial charge in [0.1, 0.15) is 5.75 Å². The number of carbonyl (C=O) groups excluding carboxylic acids is 2. The lowest BCUT2D eigenvalue weighted by Gasteiger charge is -2.47. The van der Waals surface area contributed by atoms with Gasteiger partial charge in [0.2, 0.25) is 0 Å². The van der Waals surface area contributed by atoms with Crippen molar-refractivity contribution in [2.75, 3.05) is 0 Å². The Morgan fingerprint density at radius 3 is 2.42 bits per heavy atom. The third-order valence-corrected chi connectivity index (χ3v) is 9.05. The quantitative estimate of drug-likeness (QED) is 0.262. The summed E-state index contributed by atoms with van der Waals surface area (Å²) in [5, 5.41) is 22.9. The van der Waals surface area contributed by atoms with Gasteiger partial charge < -0.3 is 14.8 Å². The second-order valence-corrected chi connectivity index (χ2v) is 11.6. The highest BCUT2D eigenvalue weighted by Crippen LogP contribution is 2.51. The normalized spacial score (nSPS) is 24.7. The summed E-state index contributed by atoms with van der Waals surface area (Å²) in [7, 11) is -0.967. The first-order chi connectivity index (χ1) is 19.4. The number of aromatic hydroxyl groups is 1. The maximum absolute atomic E-state index is 13.8. The molecule has 40 heavy (non-hydrogen) atoms. The van der Waals surface area contributed by atoms with Crippen LogP contribution in [0.2, 0.25) is 6.32 Å². The maximum Gasteiger partial charge on any atom is 0.455 e. The van der Waals surface area contributed by atoms with Crippen molar-refractivity contribution in [2.24, 2.45) is 17.8 Å². The Hall–Kier alpha value is -3.48. The molecule has 2 aliphatic carbocycles. The number of fused-ring (bicyclic) bond motifs is 5. The van der Waals surface area contributed by atoms with Gasteiger partial charge in [0, 0.05) is 28.3 Å². The first-order valence-electron chi connectivity index (χ1n) is 14.5. The van der Waals surface area contributed by atoms with E-state index in [-0.39, 0.29) is 35.3 Å². The minimum absolute atomic E-state index is 0.0291. The molecule has 1 fully saturated rings. The van der Waals surface area contributed by atoms with E-state index >= 15 is 0 Å².